The van der Waals surface area contributed by atoms with Crippen LogP contribution >= 0.6 is 0 Å². The Labute approximate surface area is 195 Å². The van der Waals surface area contributed by atoms with E-state index in [1.165, 1.54) is 42.5 Å². The Morgan fingerprint density at radius 3 is 2.79 bits per heavy atom. The van der Waals surface area contributed by atoms with Crippen molar-refractivity contribution < 1.29 is 9.53 Å². The molecule has 2 saturated heterocycles. The molecule has 4 aliphatic rings. The van der Waals surface area contributed by atoms with E-state index in [1.54, 1.807) is 4.90 Å². The van der Waals surface area contributed by atoms with Crippen molar-refractivity contribution in [2.75, 3.05) is 24.5 Å². The molecule has 5 heteroatoms. The van der Waals surface area contributed by atoms with Gasteiger partial charge in [-0.3, -0.25) is 9.80 Å². The number of hydrogen-bond acceptors (Lipinski definition) is 3. The summed E-state index contributed by atoms with van der Waals surface area (Å²) in [5.41, 5.74) is 4.90. The number of aromatic nitrogens is 1. The fraction of sp³-hybridized carbons (Fsp3) is 0.464. The Morgan fingerprint density at radius 1 is 1.15 bits per heavy atom. The predicted molar refractivity (Wildman–Crippen MR) is 132 cm³/mol. The van der Waals surface area contributed by atoms with Crippen LogP contribution in [0.5, 0.6) is 5.75 Å². The van der Waals surface area contributed by atoms with Crippen molar-refractivity contribution in [3.63, 3.8) is 0 Å². The summed E-state index contributed by atoms with van der Waals surface area (Å²) in [7, 11) is 0. The van der Waals surface area contributed by atoms with Crippen molar-refractivity contribution in [2.24, 2.45) is 11.8 Å². The van der Waals surface area contributed by atoms with Gasteiger partial charge in [-0.15, -0.1) is 0 Å². The Kier molecular flexibility index (Phi) is 5.17. The van der Waals surface area contributed by atoms with Crippen LogP contribution in [0.2, 0.25) is 0 Å². The van der Waals surface area contributed by atoms with Crippen LogP contribution in [0, 0.1) is 11.8 Å². The second kappa shape index (κ2) is 8.21. The third-order valence-electron chi connectivity index (χ3n) is 8.30. The van der Waals surface area contributed by atoms with E-state index in [-0.39, 0.29) is 6.09 Å². The lowest BCUT2D eigenvalue weighted by Gasteiger charge is -2.53. The molecule has 4 bridgehead atoms. The van der Waals surface area contributed by atoms with Crippen molar-refractivity contribution in [3.05, 3.63) is 59.8 Å². The van der Waals surface area contributed by atoms with Gasteiger partial charge < -0.3 is 9.72 Å². The lowest BCUT2D eigenvalue weighted by atomic mass is 9.65. The maximum Gasteiger partial charge on any atom is 0.419 e. The fourth-order valence-electron chi connectivity index (χ4n) is 6.92. The zero-order chi connectivity index (χ0) is 22.5. The number of piperidine rings is 2. The van der Waals surface area contributed by atoms with E-state index in [9.17, 15) is 4.79 Å². The summed E-state index contributed by atoms with van der Waals surface area (Å²) < 4.78 is 5.85. The monoisotopic (exact) mass is 443 g/mol. The first-order chi connectivity index (χ1) is 16.2. The molecule has 172 valence electrons. The summed E-state index contributed by atoms with van der Waals surface area (Å²) in [6, 6.07) is 16.5. The van der Waals surface area contributed by atoms with Crippen molar-refractivity contribution in [3.8, 4) is 5.75 Å². The highest BCUT2D eigenvalue weighted by Crippen LogP contribution is 2.51. The van der Waals surface area contributed by atoms with Gasteiger partial charge in [-0.05, 0) is 73.9 Å². The Hall–Kier alpha value is -2.79. The molecule has 2 aromatic carbocycles. The molecule has 1 saturated carbocycles. The van der Waals surface area contributed by atoms with Gasteiger partial charge in [0, 0.05) is 53.9 Å². The molecule has 33 heavy (non-hydrogen) atoms. The summed E-state index contributed by atoms with van der Waals surface area (Å²) in [5.74, 6) is 2.86. The highest BCUT2D eigenvalue weighted by Gasteiger charge is 2.48. The number of fused-ring (bicyclic) bond motifs is 4. The minimum Gasteiger partial charge on any atom is -0.410 e. The summed E-state index contributed by atoms with van der Waals surface area (Å²) >= 11 is 0. The number of aromatic amines is 1. The lowest BCUT2D eigenvalue weighted by molar-refractivity contribution is -0.0134. The molecular formula is C28H33N3O2. The number of benzene rings is 2. The highest BCUT2D eigenvalue weighted by molar-refractivity contribution is 5.91. The minimum atomic E-state index is -0.338. The van der Waals surface area contributed by atoms with E-state index in [0.29, 0.717) is 24.3 Å². The molecule has 0 radical (unpaired) electrons. The lowest BCUT2D eigenvalue weighted by Crippen LogP contribution is -2.56. The average Bonchev–Trinajstić information content (AvgIpc) is 3.16. The standard InChI is InChI=1S/C28H33N3O2/c1-3-19-14-18-15-24-26-22(12-13-30(17-18)27(19)24)23-16-21(10-11-25(23)29-26)33-28(32)31(4-2)20-8-6-5-7-9-20/h5-11,16,18-19,24,27,29H,3-4,12-15,17H2,1-2H3. The zero-order valence-corrected chi connectivity index (χ0v) is 19.6. The summed E-state index contributed by atoms with van der Waals surface area (Å²) in [6.45, 7) is 7.29. The number of carbonyl (C=O) groups excluding carboxylic acids is 1. The van der Waals surface area contributed by atoms with E-state index in [1.807, 2.05) is 43.3 Å². The van der Waals surface area contributed by atoms with Gasteiger partial charge in [-0.25, -0.2) is 4.79 Å². The zero-order valence-electron chi connectivity index (χ0n) is 19.6. The molecule has 0 spiro atoms. The molecule has 7 rings (SSSR count). The van der Waals surface area contributed by atoms with Gasteiger partial charge in [-0.1, -0.05) is 31.5 Å². The minimum absolute atomic E-state index is 0.338. The third-order valence-corrected chi connectivity index (χ3v) is 8.30. The maximum absolute atomic E-state index is 13.0. The molecule has 1 amide bonds. The number of hydrogen-bond donors (Lipinski definition) is 1. The topological polar surface area (TPSA) is 48.6 Å². The van der Waals surface area contributed by atoms with Crippen molar-refractivity contribution >= 4 is 22.7 Å². The molecular weight excluding hydrogens is 410 g/mol. The van der Waals surface area contributed by atoms with Crippen LogP contribution in [0.4, 0.5) is 10.5 Å². The van der Waals surface area contributed by atoms with Crippen molar-refractivity contribution in [1.29, 1.82) is 0 Å². The molecule has 1 N–H and O–H groups in total. The van der Waals surface area contributed by atoms with E-state index in [0.717, 1.165) is 36.0 Å². The van der Waals surface area contributed by atoms with Gasteiger partial charge in [0.25, 0.3) is 0 Å². The molecule has 3 fully saturated rings. The number of H-pyrrole nitrogens is 1. The molecule has 3 aliphatic heterocycles. The van der Waals surface area contributed by atoms with Gasteiger partial charge >= 0.3 is 6.09 Å². The average molecular weight is 444 g/mol. The smallest absolute Gasteiger partial charge is 0.410 e. The fourth-order valence-corrected chi connectivity index (χ4v) is 6.92. The van der Waals surface area contributed by atoms with Crippen LogP contribution in [0.1, 0.15) is 50.3 Å². The number of nitrogens with zero attached hydrogens (tertiary/aromatic N) is 2. The summed E-state index contributed by atoms with van der Waals surface area (Å²) in [5, 5.41) is 1.22. The quantitative estimate of drug-likeness (QED) is 0.542. The predicted octanol–water partition coefficient (Wildman–Crippen LogP) is 5.95. The Bertz CT molecular complexity index is 1170. The second-order valence-corrected chi connectivity index (χ2v) is 10.0. The van der Waals surface area contributed by atoms with Crippen molar-refractivity contribution in [2.45, 2.75) is 51.5 Å². The highest BCUT2D eigenvalue weighted by atomic mass is 16.6. The normalized spacial score (nSPS) is 27.8. The largest absolute Gasteiger partial charge is 0.419 e. The third kappa shape index (κ3) is 3.45. The molecule has 1 aliphatic carbocycles. The number of anilines is 1. The maximum atomic E-state index is 13.0. The van der Waals surface area contributed by atoms with E-state index in [4.69, 9.17) is 4.74 Å². The van der Waals surface area contributed by atoms with Gasteiger partial charge in [0.15, 0.2) is 0 Å². The van der Waals surface area contributed by atoms with Crippen LogP contribution in [0.15, 0.2) is 48.5 Å². The summed E-state index contributed by atoms with van der Waals surface area (Å²) in [4.78, 5) is 21.2. The van der Waals surface area contributed by atoms with Crippen LogP contribution in [-0.2, 0) is 6.42 Å². The Morgan fingerprint density at radius 2 is 2.00 bits per heavy atom. The molecule has 5 nitrogen and oxygen atoms in total. The first kappa shape index (κ1) is 20.8. The Balaban J connectivity index is 1.31. The van der Waals surface area contributed by atoms with Gasteiger partial charge in [0.1, 0.15) is 5.75 Å². The SMILES string of the molecule is CCC1CC2CC3c4[nH]c5ccc(OC(=O)N(CC)c6ccccc6)cc5c4CCN(C2)C13. The summed E-state index contributed by atoms with van der Waals surface area (Å²) in [6.07, 6.45) is 4.71. The van der Waals surface area contributed by atoms with Crippen LogP contribution in [-0.4, -0.2) is 41.7 Å². The number of ether oxygens (including phenoxy) is 1. The number of rotatable bonds is 4. The molecule has 4 heterocycles. The first-order valence-electron chi connectivity index (χ1n) is 12.6. The van der Waals surface area contributed by atoms with Crippen LogP contribution in [0.25, 0.3) is 10.9 Å². The molecule has 1 aromatic heterocycles. The number of para-hydroxylation sites is 1. The number of nitrogens with one attached hydrogen (secondary N) is 1. The van der Waals surface area contributed by atoms with Crippen LogP contribution in [0.3, 0.4) is 0 Å². The molecule has 5 atom stereocenters. The van der Waals surface area contributed by atoms with Crippen LogP contribution < -0.4 is 9.64 Å². The van der Waals surface area contributed by atoms with E-state index < -0.39 is 0 Å². The van der Waals surface area contributed by atoms with Gasteiger partial charge in [0.2, 0.25) is 0 Å². The van der Waals surface area contributed by atoms with Gasteiger partial charge in [-0.2, -0.15) is 0 Å². The second-order valence-electron chi connectivity index (χ2n) is 10.0. The van der Waals surface area contributed by atoms with Crippen molar-refractivity contribution in [1.82, 2.24) is 9.88 Å². The number of amides is 1. The van der Waals surface area contributed by atoms with Gasteiger partial charge in [0.05, 0.1) is 0 Å². The van der Waals surface area contributed by atoms with E-state index >= 15 is 0 Å². The molecule has 5 unspecified atom stereocenters. The first-order valence-corrected chi connectivity index (χ1v) is 12.6. The van der Waals surface area contributed by atoms with E-state index in [2.05, 4.69) is 28.9 Å². The number of carbonyl (C=O) groups is 1. The molecule has 3 aromatic rings.